The van der Waals surface area contributed by atoms with E-state index in [2.05, 4.69) is 15.3 Å². The van der Waals surface area contributed by atoms with Gasteiger partial charge in [0.1, 0.15) is 5.82 Å². The number of nitrogens with two attached hydrogens (primary N) is 1. The molecule has 0 aliphatic carbocycles. The Hall–Kier alpha value is -3.08. The van der Waals surface area contributed by atoms with E-state index in [1.54, 1.807) is 0 Å². The number of nitrogen functional groups attached to an aromatic ring is 1. The monoisotopic (exact) mass is 278 g/mol. The lowest BCUT2D eigenvalue weighted by atomic mass is 10.1. The Morgan fingerprint density at radius 2 is 1.57 bits per heavy atom. The molecule has 0 saturated heterocycles. The summed E-state index contributed by atoms with van der Waals surface area (Å²) in [5.41, 5.74) is 7.47. The van der Waals surface area contributed by atoms with Gasteiger partial charge in [-0.25, -0.2) is 0 Å². The summed E-state index contributed by atoms with van der Waals surface area (Å²) in [7, 11) is 0. The Morgan fingerprint density at radius 3 is 2.24 bits per heavy atom. The van der Waals surface area contributed by atoms with E-state index in [0.717, 1.165) is 11.3 Å². The molecule has 0 spiro atoms. The average molecular weight is 278 g/mol. The van der Waals surface area contributed by atoms with Gasteiger partial charge >= 0.3 is 0 Å². The van der Waals surface area contributed by atoms with Crippen LogP contribution in [0.1, 0.15) is 0 Å². The van der Waals surface area contributed by atoms with Crippen molar-refractivity contribution in [3.8, 4) is 11.1 Å². The van der Waals surface area contributed by atoms with Crippen molar-refractivity contribution in [3.05, 3.63) is 71.0 Å². The van der Waals surface area contributed by atoms with Gasteiger partial charge in [-0.2, -0.15) is 4.98 Å². The third-order valence-corrected chi connectivity index (χ3v) is 3.04. The van der Waals surface area contributed by atoms with Gasteiger partial charge in [-0.3, -0.25) is 9.78 Å². The van der Waals surface area contributed by atoms with Crippen LogP contribution in [0.5, 0.6) is 0 Å². The highest BCUT2D eigenvalue weighted by atomic mass is 16.1. The maximum absolute atomic E-state index is 12.2. The molecule has 0 radical (unpaired) electrons. The van der Waals surface area contributed by atoms with Gasteiger partial charge in [0.25, 0.3) is 5.56 Å². The van der Waals surface area contributed by atoms with Crippen LogP contribution in [-0.2, 0) is 0 Å². The quantitative estimate of drug-likeness (QED) is 0.688. The number of nitrogens with zero attached hydrogens (tertiary/aromatic N) is 1. The molecule has 5 heteroatoms. The Balaban J connectivity index is 2.13. The summed E-state index contributed by atoms with van der Waals surface area (Å²) < 4.78 is 0. The molecular formula is C16H14N4O. The van der Waals surface area contributed by atoms with Crippen molar-refractivity contribution in [2.45, 2.75) is 0 Å². The molecule has 0 aliphatic rings. The number of hydrogen-bond acceptors (Lipinski definition) is 4. The van der Waals surface area contributed by atoms with Crippen LogP contribution in [-0.4, -0.2) is 9.97 Å². The van der Waals surface area contributed by atoms with E-state index in [4.69, 9.17) is 5.73 Å². The van der Waals surface area contributed by atoms with E-state index in [0.29, 0.717) is 11.4 Å². The lowest BCUT2D eigenvalue weighted by Gasteiger charge is -2.11. The lowest BCUT2D eigenvalue weighted by molar-refractivity contribution is 1.14. The fourth-order valence-corrected chi connectivity index (χ4v) is 2.11. The number of hydrogen-bond donors (Lipinski definition) is 3. The highest BCUT2D eigenvalue weighted by Crippen LogP contribution is 2.25. The van der Waals surface area contributed by atoms with Gasteiger partial charge in [0, 0.05) is 5.69 Å². The third kappa shape index (κ3) is 2.76. The van der Waals surface area contributed by atoms with Gasteiger partial charge in [0.15, 0.2) is 0 Å². The second-order valence-corrected chi connectivity index (χ2v) is 4.53. The van der Waals surface area contributed by atoms with Gasteiger partial charge in [0.2, 0.25) is 5.95 Å². The summed E-state index contributed by atoms with van der Waals surface area (Å²) in [6.07, 6.45) is 0. The zero-order valence-electron chi connectivity index (χ0n) is 11.2. The van der Waals surface area contributed by atoms with Gasteiger partial charge in [-0.05, 0) is 17.7 Å². The first-order valence-corrected chi connectivity index (χ1v) is 6.51. The second-order valence-electron chi connectivity index (χ2n) is 4.53. The molecule has 0 bridgehead atoms. The molecule has 0 aliphatic heterocycles. The van der Waals surface area contributed by atoms with Crippen LogP contribution in [0.25, 0.3) is 11.1 Å². The Labute approximate surface area is 121 Å². The largest absolute Gasteiger partial charge is 0.369 e. The Kier molecular flexibility index (Phi) is 3.39. The fraction of sp³-hybridized carbons (Fsp3) is 0. The number of nitrogens with one attached hydrogen (secondary N) is 2. The molecule has 3 rings (SSSR count). The third-order valence-electron chi connectivity index (χ3n) is 3.04. The molecule has 0 saturated carbocycles. The van der Waals surface area contributed by atoms with Crippen LogP contribution < -0.4 is 16.6 Å². The van der Waals surface area contributed by atoms with Crippen molar-refractivity contribution in [2.75, 3.05) is 11.1 Å². The summed E-state index contributed by atoms with van der Waals surface area (Å²) in [5.74, 6) is 0.520. The fourth-order valence-electron chi connectivity index (χ4n) is 2.11. The van der Waals surface area contributed by atoms with Gasteiger partial charge in [-0.15, -0.1) is 0 Å². The highest BCUT2D eigenvalue weighted by Gasteiger charge is 2.12. The topological polar surface area (TPSA) is 83.8 Å². The molecule has 1 aromatic heterocycles. The van der Waals surface area contributed by atoms with E-state index in [1.807, 2.05) is 60.7 Å². The van der Waals surface area contributed by atoms with Gasteiger partial charge in [-0.1, -0.05) is 48.5 Å². The highest BCUT2D eigenvalue weighted by molar-refractivity contribution is 5.78. The van der Waals surface area contributed by atoms with Gasteiger partial charge < -0.3 is 11.1 Å². The minimum Gasteiger partial charge on any atom is -0.369 e. The van der Waals surface area contributed by atoms with E-state index in [-0.39, 0.29) is 11.5 Å². The second kappa shape index (κ2) is 5.50. The standard InChI is InChI=1S/C16H14N4O/c17-16-19-14(18-12-9-5-2-6-10-12)13(15(21)20-16)11-7-3-1-4-8-11/h1-10H,(H4,17,18,19,20,21). The summed E-state index contributed by atoms with van der Waals surface area (Å²) >= 11 is 0. The zero-order valence-corrected chi connectivity index (χ0v) is 11.2. The number of aromatic amines is 1. The lowest BCUT2D eigenvalue weighted by Crippen LogP contribution is -2.16. The van der Waals surface area contributed by atoms with Crippen LogP contribution in [0.3, 0.4) is 0 Å². The molecule has 5 nitrogen and oxygen atoms in total. The molecule has 0 atom stereocenters. The van der Waals surface area contributed by atoms with E-state index >= 15 is 0 Å². The van der Waals surface area contributed by atoms with Crippen molar-refractivity contribution >= 4 is 17.5 Å². The molecular weight excluding hydrogens is 264 g/mol. The van der Waals surface area contributed by atoms with Crippen molar-refractivity contribution in [1.29, 1.82) is 0 Å². The minimum atomic E-state index is -0.271. The number of para-hydroxylation sites is 1. The smallest absolute Gasteiger partial charge is 0.262 e. The number of aromatic nitrogens is 2. The molecule has 1 heterocycles. The first-order valence-electron chi connectivity index (χ1n) is 6.51. The van der Waals surface area contributed by atoms with Crippen molar-refractivity contribution in [1.82, 2.24) is 9.97 Å². The molecule has 2 aromatic carbocycles. The van der Waals surface area contributed by atoms with Crippen molar-refractivity contribution in [3.63, 3.8) is 0 Å². The van der Waals surface area contributed by atoms with Crippen LogP contribution in [0.4, 0.5) is 17.5 Å². The normalized spacial score (nSPS) is 10.3. The summed E-state index contributed by atoms with van der Waals surface area (Å²) in [5, 5.41) is 3.14. The minimum absolute atomic E-state index is 0.0816. The van der Waals surface area contributed by atoms with Crippen LogP contribution in [0, 0.1) is 0 Å². The number of H-pyrrole nitrogens is 1. The number of rotatable bonds is 3. The van der Waals surface area contributed by atoms with Crippen molar-refractivity contribution < 1.29 is 0 Å². The van der Waals surface area contributed by atoms with Crippen LogP contribution in [0.15, 0.2) is 65.5 Å². The Morgan fingerprint density at radius 1 is 0.952 bits per heavy atom. The number of anilines is 3. The summed E-state index contributed by atoms with van der Waals surface area (Å²) in [4.78, 5) is 19.0. The maximum Gasteiger partial charge on any atom is 0.262 e. The first-order chi connectivity index (χ1) is 10.2. The first kappa shape index (κ1) is 12.9. The average Bonchev–Trinajstić information content (AvgIpc) is 2.48. The van der Waals surface area contributed by atoms with E-state index in [9.17, 15) is 4.79 Å². The predicted octanol–water partition coefficient (Wildman–Crippen LogP) is 2.76. The SMILES string of the molecule is Nc1nc(Nc2ccccc2)c(-c2ccccc2)c(=O)[nH]1. The van der Waals surface area contributed by atoms with Crippen LogP contribution in [0.2, 0.25) is 0 Å². The Bertz CT molecular complexity index is 798. The molecule has 0 fully saturated rings. The molecule has 21 heavy (non-hydrogen) atoms. The zero-order chi connectivity index (χ0) is 14.7. The summed E-state index contributed by atoms with van der Waals surface area (Å²) in [6.45, 7) is 0. The maximum atomic E-state index is 12.2. The van der Waals surface area contributed by atoms with Crippen LogP contribution >= 0.6 is 0 Å². The number of benzene rings is 2. The molecule has 104 valence electrons. The van der Waals surface area contributed by atoms with E-state index < -0.39 is 0 Å². The van der Waals surface area contributed by atoms with Gasteiger partial charge in [0.05, 0.1) is 5.56 Å². The van der Waals surface area contributed by atoms with E-state index in [1.165, 1.54) is 0 Å². The molecule has 4 N–H and O–H groups in total. The predicted molar refractivity (Wildman–Crippen MR) is 84.4 cm³/mol. The summed E-state index contributed by atoms with van der Waals surface area (Å²) in [6, 6.07) is 18.9. The molecule has 3 aromatic rings. The molecule has 0 amide bonds. The van der Waals surface area contributed by atoms with Crippen molar-refractivity contribution in [2.24, 2.45) is 0 Å². The molecule has 0 unspecified atom stereocenters.